The molecule has 1 fully saturated rings. The van der Waals surface area contributed by atoms with Gasteiger partial charge in [0.25, 0.3) is 0 Å². The summed E-state index contributed by atoms with van der Waals surface area (Å²) >= 11 is 0. The van der Waals surface area contributed by atoms with E-state index in [2.05, 4.69) is 0 Å². The van der Waals surface area contributed by atoms with Crippen LogP contribution in [0.15, 0.2) is 0 Å². The SMILES string of the molecule is N#CC(CN1CCCC(C(=O)O)C1)C(F)(F)F. The molecule has 1 saturated heterocycles. The second-order valence-corrected chi connectivity index (χ2v) is 4.16. The van der Waals surface area contributed by atoms with E-state index in [0.717, 1.165) is 0 Å². The lowest BCUT2D eigenvalue weighted by atomic mass is 9.97. The molecule has 96 valence electrons. The summed E-state index contributed by atoms with van der Waals surface area (Å²) in [6.07, 6.45) is -3.52. The van der Waals surface area contributed by atoms with Gasteiger partial charge >= 0.3 is 12.1 Å². The van der Waals surface area contributed by atoms with Gasteiger partial charge in [0.05, 0.1) is 12.0 Å². The fraction of sp³-hybridized carbons (Fsp3) is 0.800. The summed E-state index contributed by atoms with van der Waals surface area (Å²) in [6.45, 7) is 0.0609. The minimum Gasteiger partial charge on any atom is -0.481 e. The van der Waals surface area contributed by atoms with Crippen molar-refractivity contribution in [3.8, 4) is 6.07 Å². The highest BCUT2D eigenvalue weighted by Crippen LogP contribution is 2.28. The minimum absolute atomic E-state index is 0.0869. The Bertz CT molecular complexity index is 324. The highest BCUT2D eigenvalue weighted by atomic mass is 19.4. The van der Waals surface area contributed by atoms with Crippen molar-refractivity contribution >= 4 is 5.97 Å². The second-order valence-electron chi connectivity index (χ2n) is 4.16. The van der Waals surface area contributed by atoms with Crippen LogP contribution < -0.4 is 0 Å². The van der Waals surface area contributed by atoms with E-state index in [4.69, 9.17) is 10.4 Å². The van der Waals surface area contributed by atoms with E-state index in [1.807, 2.05) is 0 Å². The average Bonchev–Trinajstić information content (AvgIpc) is 2.24. The zero-order valence-electron chi connectivity index (χ0n) is 9.07. The Morgan fingerprint density at radius 2 is 2.24 bits per heavy atom. The molecule has 17 heavy (non-hydrogen) atoms. The topological polar surface area (TPSA) is 64.3 Å². The average molecular weight is 250 g/mol. The van der Waals surface area contributed by atoms with Gasteiger partial charge in [0, 0.05) is 13.1 Å². The fourth-order valence-corrected chi connectivity index (χ4v) is 1.90. The summed E-state index contributed by atoms with van der Waals surface area (Å²) in [5.41, 5.74) is 0. The second kappa shape index (κ2) is 5.36. The van der Waals surface area contributed by atoms with Crippen molar-refractivity contribution in [2.75, 3.05) is 19.6 Å². The number of halogens is 3. The number of aliphatic carboxylic acids is 1. The Kier molecular flexibility index (Phi) is 4.34. The van der Waals surface area contributed by atoms with Crippen molar-refractivity contribution in [3.63, 3.8) is 0 Å². The molecule has 1 N–H and O–H groups in total. The maximum atomic E-state index is 12.4. The number of nitrogens with zero attached hydrogens (tertiary/aromatic N) is 2. The summed E-state index contributed by atoms with van der Waals surface area (Å²) in [5, 5.41) is 17.2. The first-order chi connectivity index (χ1) is 7.84. The minimum atomic E-state index is -4.55. The van der Waals surface area contributed by atoms with Gasteiger partial charge in [-0.25, -0.2) is 0 Å². The molecule has 0 spiro atoms. The zero-order valence-corrected chi connectivity index (χ0v) is 9.07. The number of alkyl halides is 3. The number of nitriles is 1. The molecule has 4 nitrogen and oxygen atoms in total. The van der Waals surface area contributed by atoms with Crippen LogP contribution in [0.2, 0.25) is 0 Å². The molecule has 1 aliphatic rings. The van der Waals surface area contributed by atoms with Crippen molar-refractivity contribution in [1.29, 1.82) is 5.26 Å². The van der Waals surface area contributed by atoms with Crippen LogP contribution in [0.1, 0.15) is 12.8 Å². The third-order valence-corrected chi connectivity index (χ3v) is 2.85. The third-order valence-electron chi connectivity index (χ3n) is 2.85. The van der Waals surface area contributed by atoms with E-state index in [0.29, 0.717) is 19.4 Å². The molecule has 0 aromatic heterocycles. The van der Waals surface area contributed by atoms with Crippen molar-refractivity contribution < 1.29 is 23.1 Å². The summed E-state index contributed by atoms with van der Waals surface area (Å²) in [4.78, 5) is 12.1. The standard InChI is InChI=1S/C10H13F3N2O2/c11-10(12,13)8(4-14)6-15-3-1-2-7(5-15)9(16)17/h7-8H,1-3,5-6H2,(H,16,17). The van der Waals surface area contributed by atoms with Gasteiger partial charge < -0.3 is 10.0 Å². The van der Waals surface area contributed by atoms with Crippen LogP contribution in [0.3, 0.4) is 0 Å². The van der Waals surface area contributed by atoms with Gasteiger partial charge in [-0.3, -0.25) is 4.79 Å². The van der Waals surface area contributed by atoms with Crippen LogP contribution in [0.5, 0.6) is 0 Å². The van der Waals surface area contributed by atoms with Gasteiger partial charge in [-0.2, -0.15) is 18.4 Å². The molecule has 2 unspecified atom stereocenters. The third kappa shape index (κ3) is 3.89. The van der Waals surface area contributed by atoms with E-state index in [1.54, 1.807) is 0 Å². The lowest BCUT2D eigenvalue weighted by Crippen LogP contribution is -2.43. The molecule has 0 bridgehead atoms. The fourth-order valence-electron chi connectivity index (χ4n) is 1.90. The Balaban J connectivity index is 2.57. The lowest BCUT2D eigenvalue weighted by Gasteiger charge is -2.32. The Morgan fingerprint density at radius 1 is 1.59 bits per heavy atom. The Morgan fingerprint density at radius 3 is 2.71 bits per heavy atom. The van der Waals surface area contributed by atoms with Gasteiger partial charge in [0.2, 0.25) is 0 Å². The molecule has 0 radical (unpaired) electrons. The highest BCUT2D eigenvalue weighted by molar-refractivity contribution is 5.70. The molecule has 0 saturated carbocycles. The first kappa shape index (κ1) is 13.8. The lowest BCUT2D eigenvalue weighted by molar-refractivity contribution is -0.164. The molecule has 0 aliphatic carbocycles. The quantitative estimate of drug-likeness (QED) is 0.824. The molecular weight excluding hydrogens is 237 g/mol. The van der Waals surface area contributed by atoms with Crippen molar-refractivity contribution in [3.05, 3.63) is 0 Å². The van der Waals surface area contributed by atoms with Gasteiger partial charge in [0.15, 0.2) is 5.92 Å². The summed E-state index contributed by atoms with van der Waals surface area (Å²) < 4.78 is 37.1. The first-order valence-electron chi connectivity index (χ1n) is 5.26. The first-order valence-corrected chi connectivity index (χ1v) is 5.26. The van der Waals surface area contributed by atoms with Crippen LogP contribution in [0, 0.1) is 23.2 Å². The van der Waals surface area contributed by atoms with E-state index in [-0.39, 0.29) is 6.54 Å². The largest absolute Gasteiger partial charge is 0.481 e. The summed E-state index contributed by atoms with van der Waals surface area (Å²) in [5.74, 6) is -3.67. The zero-order chi connectivity index (χ0) is 13.1. The number of piperidine rings is 1. The summed E-state index contributed by atoms with van der Waals surface area (Å²) in [7, 11) is 0. The maximum Gasteiger partial charge on any atom is 0.405 e. The van der Waals surface area contributed by atoms with Crippen molar-refractivity contribution in [1.82, 2.24) is 4.90 Å². The van der Waals surface area contributed by atoms with Crippen LogP contribution in [-0.4, -0.2) is 41.8 Å². The van der Waals surface area contributed by atoms with E-state index >= 15 is 0 Å². The molecule has 1 aliphatic heterocycles. The summed E-state index contributed by atoms with van der Waals surface area (Å²) in [6, 6.07) is 1.22. The van der Waals surface area contributed by atoms with E-state index in [9.17, 15) is 18.0 Å². The van der Waals surface area contributed by atoms with Gasteiger partial charge in [0.1, 0.15) is 0 Å². The van der Waals surface area contributed by atoms with Crippen molar-refractivity contribution in [2.45, 2.75) is 19.0 Å². The molecule has 0 aromatic rings. The number of carboxylic acids is 1. The molecule has 0 amide bonds. The normalized spacial score (nSPS) is 24.0. The number of carboxylic acid groups (broad SMARTS) is 1. The van der Waals surface area contributed by atoms with Crippen LogP contribution in [-0.2, 0) is 4.79 Å². The molecule has 2 atom stereocenters. The number of carbonyl (C=O) groups is 1. The molecular formula is C10H13F3N2O2. The molecule has 1 rings (SSSR count). The predicted molar refractivity (Wildman–Crippen MR) is 52.0 cm³/mol. The monoisotopic (exact) mass is 250 g/mol. The van der Waals surface area contributed by atoms with Crippen LogP contribution in [0.4, 0.5) is 13.2 Å². The number of hydrogen-bond acceptors (Lipinski definition) is 3. The van der Waals surface area contributed by atoms with Gasteiger partial charge in [-0.15, -0.1) is 0 Å². The Labute approximate surface area is 96.6 Å². The predicted octanol–water partition coefficient (Wildman–Crippen LogP) is 1.49. The number of likely N-dealkylation sites (tertiary alicyclic amines) is 1. The van der Waals surface area contributed by atoms with E-state index < -0.39 is 30.5 Å². The van der Waals surface area contributed by atoms with E-state index in [1.165, 1.54) is 11.0 Å². The smallest absolute Gasteiger partial charge is 0.405 e. The van der Waals surface area contributed by atoms with Crippen molar-refractivity contribution in [2.24, 2.45) is 11.8 Å². The molecule has 1 heterocycles. The van der Waals surface area contributed by atoms with Gasteiger partial charge in [-0.05, 0) is 19.4 Å². The maximum absolute atomic E-state index is 12.4. The molecule has 7 heteroatoms. The Hall–Kier alpha value is -1.29. The highest BCUT2D eigenvalue weighted by Gasteiger charge is 2.41. The molecule has 0 aromatic carbocycles. The van der Waals surface area contributed by atoms with Crippen LogP contribution >= 0.6 is 0 Å². The van der Waals surface area contributed by atoms with Crippen LogP contribution in [0.25, 0.3) is 0 Å². The van der Waals surface area contributed by atoms with Gasteiger partial charge in [-0.1, -0.05) is 0 Å². The number of rotatable bonds is 3. The number of hydrogen-bond donors (Lipinski definition) is 1.